The number of rotatable bonds is 18. The van der Waals surface area contributed by atoms with Gasteiger partial charge in [0.25, 0.3) is 0 Å². The number of benzene rings is 3. The molecule has 3 aromatic carbocycles. The summed E-state index contributed by atoms with van der Waals surface area (Å²) < 4.78 is 35.7. The van der Waals surface area contributed by atoms with E-state index in [4.69, 9.17) is 23.3 Å². The number of Topliss-reactive ketones (excluding diaryl/α,β-unsaturated/α-hetero) is 1. The molecule has 252 valence electrons. The minimum Gasteiger partial charge on any atom is -0.481 e. The highest BCUT2D eigenvalue weighted by molar-refractivity contribution is 7.54. The summed E-state index contributed by atoms with van der Waals surface area (Å²) in [6.07, 6.45) is -1.82. The second-order valence-electron chi connectivity index (χ2n) is 10.6. The van der Waals surface area contributed by atoms with Crippen LogP contribution in [-0.4, -0.2) is 59.1 Å². The number of carbonyl (C=O) groups is 4. The molecule has 2 atom stereocenters. The molecule has 0 saturated carbocycles. The summed E-state index contributed by atoms with van der Waals surface area (Å²) in [7, 11) is -3.93. The van der Waals surface area contributed by atoms with E-state index in [-0.39, 0.29) is 62.4 Å². The molecule has 48 heavy (non-hydrogen) atoms. The molecule has 0 radical (unpaired) electrons. The summed E-state index contributed by atoms with van der Waals surface area (Å²) in [5.74, 6) is -1.67. The fraction of sp³-hybridized carbons (Fsp3) is 0.286. The van der Waals surface area contributed by atoms with Crippen molar-refractivity contribution in [3.63, 3.8) is 0 Å². The normalized spacial score (nSPS) is 12.8. The minimum absolute atomic E-state index is 0.0710. The van der Waals surface area contributed by atoms with E-state index in [0.717, 1.165) is 5.56 Å². The zero-order chi connectivity index (χ0) is 34.5. The first kappa shape index (κ1) is 35.8. The van der Waals surface area contributed by atoms with Crippen molar-refractivity contribution in [1.82, 2.24) is 10.3 Å². The van der Waals surface area contributed by atoms with E-state index >= 15 is 0 Å². The molecule has 12 nitrogen and oxygen atoms in total. The Morgan fingerprint density at radius 3 is 2.27 bits per heavy atom. The van der Waals surface area contributed by atoms with Crippen LogP contribution in [0, 0.1) is 0 Å². The molecule has 1 unspecified atom stereocenters. The van der Waals surface area contributed by atoms with Crippen LogP contribution in [0.5, 0.6) is 5.75 Å². The molecule has 2 N–H and O–H groups in total. The van der Waals surface area contributed by atoms with Crippen molar-refractivity contribution in [2.75, 3.05) is 19.3 Å². The summed E-state index contributed by atoms with van der Waals surface area (Å²) in [5.41, 5.74) is 1.97. The average Bonchev–Trinajstić information content (AvgIpc) is 3.51. The fourth-order valence-electron chi connectivity index (χ4n) is 4.67. The van der Waals surface area contributed by atoms with Gasteiger partial charge < -0.3 is 24.1 Å². The number of hydrogen-bond donors (Lipinski definition) is 2. The number of carbonyl (C=O) groups excluding carboxylic acids is 3. The van der Waals surface area contributed by atoms with Gasteiger partial charge in [-0.3, -0.25) is 18.9 Å². The summed E-state index contributed by atoms with van der Waals surface area (Å²) in [4.78, 5) is 54.1. The predicted octanol–water partition coefficient (Wildman–Crippen LogP) is 6.35. The third-order valence-electron chi connectivity index (χ3n) is 6.96. The number of aliphatic carboxylic acids is 1. The molecule has 1 aromatic heterocycles. The molecule has 0 aliphatic carbocycles. The molecule has 4 aromatic rings. The lowest BCUT2D eigenvalue weighted by Crippen LogP contribution is -2.29. The lowest BCUT2D eigenvalue weighted by molar-refractivity contribution is -0.150. The summed E-state index contributed by atoms with van der Waals surface area (Å²) in [6, 6.07) is 24.3. The first-order chi connectivity index (χ1) is 23.1. The van der Waals surface area contributed by atoms with Crippen molar-refractivity contribution in [2.45, 2.75) is 45.6 Å². The average molecular weight is 677 g/mol. The lowest BCUT2D eigenvalue weighted by atomic mass is 9.96. The van der Waals surface area contributed by atoms with Gasteiger partial charge in [-0.2, -0.15) is 0 Å². The van der Waals surface area contributed by atoms with Crippen LogP contribution < -0.4 is 9.84 Å². The lowest BCUT2D eigenvalue weighted by Gasteiger charge is -2.22. The van der Waals surface area contributed by atoms with Crippen molar-refractivity contribution in [2.24, 2.45) is 0 Å². The Hall–Kier alpha value is -5.06. The largest absolute Gasteiger partial charge is 0.481 e. The van der Waals surface area contributed by atoms with Gasteiger partial charge in [0.1, 0.15) is 11.4 Å². The Balaban J connectivity index is 1.42. The second kappa shape index (κ2) is 17.2. The third-order valence-corrected chi connectivity index (χ3v) is 8.85. The van der Waals surface area contributed by atoms with Crippen molar-refractivity contribution in [1.29, 1.82) is 0 Å². The number of aryl methyl sites for hydroxylation is 1. The SMILES string of the molecule is CCOC(=O)[C@@H](C)OP(=O)(CCNC(=O)CCC(=O)c1ccccc1-c1oc(CCC(=O)O)nc1-c1ccccc1)Oc1ccccc1. The molecule has 13 heteroatoms. The molecular formula is C35H37N2O10P. The van der Waals surface area contributed by atoms with E-state index in [9.17, 15) is 23.7 Å². The Labute approximate surface area is 278 Å². The number of esters is 1. The van der Waals surface area contributed by atoms with Crippen LogP contribution in [0.25, 0.3) is 22.6 Å². The van der Waals surface area contributed by atoms with Crippen molar-refractivity contribution < 1.29 is 47.1 Å². The maximum atomic E-state index is 13.6. The Morgan fingerprint density at radius 1 is 0.917 bits per heavy atom. The van der Waals surface area contributed by atoms with Gasteiger partial charge in [0.15, 0.2) is 23.5 Å². The van der Waals surface area contributed by atoms with Gasteiger partial charge in [0.05, 0.1) is 19.2 Å². The Kier molecular flexibility index (Phi) is 12.8. The number of nitrogens with one attached hydrogen (secondary N) is 1. The van der Waals surface area contributed by atoms with Gasteiger partial charge in [-0.15, -0.1) is 0 Å². The van der Waals surface area contributed by atoms with Crippen LogP contribution in [-0.2, 0) is 34.6 Å². The zero-order valence-electron chi connectivity index (χ0n) is 26.6. The van der Waals surface area contributed by atoms with Gasteiger partial charge in [-0.25, -0.2) is 14.3 Å². The molecular weight excluding hydrogens is 639 g/mol. The topological polar surface area (TPSA) is 171 Å². The fourth-order valence-corrected chi connectivity index (χ4v) is 6.31. The highest BCUT2D eigenvalue weighted by atomic mass is 31.2. The van der Waals surface area contributed by atoms with Gasteiger partial charge in [-0.1, -0.05) is 72.8 Å². The first-order valence-corrected chi connectivity index (χ1v) is 17.2. The zero-order valence-corrected chi connectivity index (χ0v) is 27.5. The first-order valence-electron chi connectivity index (χ1n) is 15.4. The quantitative estimate of drug-likeness (QED) is 0.0684. The monoisotopic (exact) mass is 676 g/mol. The van der Waals surface area contributed by atoms with E-state index in [1.54, 1.807) is 61.5 Å². The van der Waals surface area contributed by atoms with Crippen LogP contribution in [0.2, 0.25) is 0 Å². The van der Waals surface area contributed by atoms with E-state index in [1.807, 2.05) is 30.3 Å². The maximum Gasteiger partial charge on any atom is 0.381 e. The van der Waals surface area contributed by atoms with Crippen LogP contribution in [0.3, 0.4) is 0 Å². The standard InChI is InChI=1S/C35H37N2O10P/c1-3-44-35(42)24(2)46-48(43,47-26-14-8-5-9-15-26)23-22-36-30(39)19-18-29(38)27-16-10-11-17-28(27)34-33(25-12-6-4-7-13-25)37-31(45-34)20-21-32(40)41/h4-17,24H,3,18-23H2,1-2H3,(H,36,39)(H,40,41)/t24-,48?/m1/s1. The van der Waals surface area contributed by atoms with E-state index in [2.05, 4.69) is 10.3 Å². The molecule has 0 saturated heterocycles. The van der Waals surface area contributed by atoms with Crippen LogP contribution in [0.1, 0.15) is 49.4 Å². The summed E-state index contributed by atoms with van der Waals surface area (Å²) >= 11 is 0. The number of oxazole rings is 1. The Morgan fingerprint density at radius 2 is 1.58 bits per heavy atom. The minimum atomic E-state index is -3.93. The molecule has 0 spiro atoms. The number of amides is 1. The molecule has 0 aliphatic rings. The molecule has 4 rings (SSSR count). The number of aromatic nitrogens is 1. The highest BCUT2D eigenvalue weighted by Crippen LogP contribution is 2.49. The second-order valence-corrected chi connectivity index (χ2v) is 12.7. The number of para-hydroxylation sites is 1. The number of ketones is 1. The number of ether oxygens (including phenoxy) is 1. The third kappa shape index (κ3) is 10.2. The number of hydrogen-bond acceptors (Lipinski definition) is 10. The van der Waals surface area contributed by atoms with E-state index < -0.39 is 31.5 Å². The molecule has 1 heterocycles. The van der Waals surface area contributed by atoms with Gasteiger partial charge in [-0.05, 0) is 26.0 Å². The predicted molar refractivity (Wildman–Crippen MR) is 177 cm³/mol. The molecule has 0 bridgehead atoms. The smallest absolute Gasteiger partial charge is 0.381 e. The number of nitrogens with zero attached hydrogens (tertiary/aromatic N) is 1. The van der Waals surface area contributed by atoms with Crippen molar-refractivity contribution in [3.05, 3.63) is 96.4 Å². The van der Waals surface area contributed by atoms with Gasteiger partial charge in [0.2, 0.25) is 5.91 Å². The molecule has 1 amide bonds. The highest BCUT2D eigenvalue weighted by Gasteiger charge is 2.32. The van der Waals surface area contributed by atoms with Crippen molar-refractivity contribution in [3.8, 4) is 28.3 Å². The summed E-state index contributed by atoms with van der Waals surface area (Å²) in [6.45, 7) is 3.05. The van der Waals surface area contributed by atoms with Crippen LogP contribution >= 0.6 is 7.60 Å². The van der Waals surface area contributed by atoms with Gasteiger partial charge in [0, 0.05) is 42.5 Å². The van der Waals surface area contributed by atoms with E-state index in [1.165, 1.54) is 6.92 Å². The van der Waals surface area contributed by atoms with Crippen LogP contribution in [0.4, 0.5) is 0 Å². The van der Waals surface area contributed by atoms with Crippen LogP contribution in [0.15, 0.2) is 89.3 Å². The molecule has 0 fully saturated rings. The molecule has 0 aliphatic heterocycles. The van der Waals surface area contributed by atoms with E-state index in [0.29, 0.717) is 22.6 Å². The number of carboxylic acid groups (broad SMARTS) is 1. The van der Waals surface area contributed by atoms with Crippen molar-refractivity contribution >= 4 is 31.2 Å². The van der Waals surface area contributed by atoms with Gasteiger partial charge >= 0.3 is 19.5 Å². The number of carboxylic acids is 1. The maximum absolute atomic E-state index is 13.6. The summed E-state index contributed by atoms with van der Waals surface area (Å²) in [5, 5.41) is 11.8. The Bertz CT molecular complexity index is 1760.